The second-order valence-corrected chi connectivity index (χ2v) is 8.81. The van der Waals surface area contributed by atoms with Crippen molar-refractivity contribution in [2.75, 3.05) is 18.4 Å². The Kier molecular flexibility index (Phi) is 5.56. The molecular formula is C18H19BrN2O3S. The molecule has 0 unspecified atom stereocenters. The van der Waals surface area contributed by atoms with Crippen LogP contribution in [0.2, 0.25) is 0 Å². The summed E-state index contributed by atoms with van der Waals surface area (Å²) >= 11 is 3.33. The van der Waals surface area contributed by atoms with Crippen LogP contribution in [0.5, 0.6) is 0 Å². The van der Waals surface area contributed by atoms with Crippen molar-refractivity contribution in [3.8, 4) is 0 Å². The summed E-state index contributed by atoms with van der Waals surface area (Å²) in [4.78, 5) is 12.5. The van der Waals surface area contributed by atoms with E-state index in [0.29, 0.717) is 24.3 Å². The zero-order valence-electron chi connectivity index (χ0n) is 13.6. The second kappa shape index (κ2) is 7.68. The largest absolute Gasteiger partial charge is 0.322 e. The second-order valence-electron chi connectivity index (χ2n) is 5.96. The van der Waals surface area contributed by atoms with E-state index >= 15 is 0 Å². The molecule has 1 aliphatic heterocycles. The first kappa shape index (κ1) is 18.1. The van der Waals surface area contributed by atoms with Gasteiger partial charge in [-0.25, -0.2) is 8.42 Å². The van der Waals surface area contributed by atoms with Gasteiger partial charge in [0.25, 0.3) is 5.91 Å². The maximum Gasteiger partial charge on any atom is 0.255 e. The molecule has 0 radical (unpaired) electrons. The molecule has 0 atom stereocenters. The third-order valence-corrected chi connectivity index (χ3v) is 6.52. The van der Waals surface area contributed by atoms with Crippen LogP contribution in [-0.2, 0) is 10.0 Å². The fourth-order valence-electron chi connectivity index (χ4n) is 2.82. The van der Waals surface area contributed by atoms with Gasteiger partial charge in [-0.1, -0.05) is 34.5 Å². The predicted octanol–water partition coefficient (Wildman–Crippen LogP) is 3.88. The number of hydrogen-bond acceptors (Lipinski definition) is 3. The molecule has 1 heterocycles. The smallest absolute Gasteiger partial charge is 0.255 e. The van der Waals surface area contributed by atoms with Gasteiger partial charge in [-0.05, 0) is 49.2 Å². The Morgan fingerprint density at radius 2 is 1.72 bits per heavy atom. The monoisotopic (exact) mass is 422 g/mol. The summed E-state index contributed by atoms with van der Waals surface area (Å²) in [6.45, 7) is 1.11. The van der Waals surface area contributed by atoms with E-state index in [4.69, 9.17) is 0 Å². The molecular weight excluding hydrogens is 404 g/mol. The molecule has 2 aromatic carbocycles. The quantitative estimate of drug-likeness (QED) is 0.812. The lowest BCUT2D eigenvalue weighted by Gasteiger charge is -2.26. The normalized spacial score (nSPS) is 15.7. The van der Waals surface area contributed by atoms with E-state index < -0.39 is 10.0 Å². The molecule has 0 spiro atoms. The van der Waals surface area contributed by atoms with Crippen molar-refractivity contribution < 1.29 is 13.2 Å². The van der Waals surface area contributed by atoms with Crippen LogP contribution in [0.4, 0.5) is 5.69 Å². The van der Waals surface area contributed by atoms with Crippen LogP contribution in [0.25, 0.3) is 0 Å². The lowest BCUT2D eigenvalue weighted by molar-refractivity contribution is 0.102. The molecule has 1 N–H and O–H groups in total. The Balaban J connectivity index is 1.80. The standard InChI is InChI=1S/C18H19BrN2O3S/c19-15-7-4-6-14(12-15)18(22)20-16-8-5-9-17(13-16)25(23,24)21-10-2-1-3-11-21/h4-9,12-13H,1-3,10-11H2,(H,20,22). The van der Waals surface area contributed by atoms with Crippen molar-refractivity contribution in [2.24, 2.45) is 0 Å². The molecule has 0 aromatic heterocycles. The van der Waals surface area contributed by atoms with Crippen LogP contribution in [0, 0.1) is 0 Å². The van der Waals surface area contributed by atoms with Gasteiger partial charge in [0.2, 0.25) is 10.0 Å². The summed E-state index contributed by atoms with van der Waals surface area (Å²) < 4.78 is 27.8. The van der Waals surface area contributed by atoms with Crippen molar-refractivity contribution in [3.63, 3.8) is 0 Å². The molecule has 7 heteroatoms. The molecule has 1 saturated heterocycles. The van der Waals surface area contributed by atoms with Crippen LogP contribution >= 0.6 is 15.9 Å². The fourth-order valence-corrected chi connectivity index (χ4v) is 4.78. The van der Waals surface area contributed by atoms with Gasteiger partial charge in [0.1, 0.15) is 0 Å². The Hall–Kier alpha value is -1.70. The van der Waals surface area contributed by atoms with Gasteiger partial charge >= 0.3 is 0 Å². The minimum absolute atomic E-state index is 0.210. The highest BCUT2D eigenvalue weighted by molar-refractivity contribution is 9.10. The molecule has 0 bridgehead atoms. The molecule has 5 nitrogen and oxygen atoms in total. The number of carbonyl (C=O) groups excluding carboxylic acids is 1. The predicted molar refractivity (Wildman–Crippen MR) is 101 cm³/mol. The lowest BCUT2D eigenvalue weighted by Crippen LogP contribution is -2.35. The summed E-state index contributed by atoms with van der Waals surface area (Å²) in [5.41, 5.74) is 0.960. The van der Waals surface area contributed by atoms with Crippen LogP contribution in [0.3, 0.4) is 0 Å². The number of rotatable bonds is 4. The first-order valence-electron chi connectivity index (χ1n) is 8.14. The third kappa shape index (κ3) is 4.29. The molecule has 3 rings (SSSR count). The lowest BCUT2D eigenvalue weighted by atomic mass is 10.2. The topological polar surface area (TPSA) is 66.5 Å². The van der Waals surface area contributed by atoms with Crippen LogP contribution in [-0.4, -0.2) is 31.7 Å². The van der Waals surface area contributed by atoms with Gasteiger partial charge in [0.15, 0.2) is 0 Å². The SMILES string of the molecule is O=C(Nc1cccc(S(=O)(=O)N2CCCCC2)c1)c1cccc(Br)c1. The summed E-state index contributed by atoms with van der Waals surface area (Å²) in [6, 6.07) is 13.4. The van der Waals surface area contributed by atoms with Crippen LogP contribution in [0.15, 0.2) is 57.9 Å². The fraction of sp³-hybridized carbons (Fsp3) is 0.278. The molecule has 2 aromatic rings. The van der Waals surface area contributed by atoms with Gasteiger partial charge < -0.3 is 5.32 Å². The summed E-state index contributed by atoms with van der Waals surface area (Å²) in [5.74, 6) is -0.283. The van der Waals surface area contributed by atoms with Gasteiger partial charge in [-0.15, -0.1) is 0 Å². The van der Waals surface area contributed by atoms with Crippen molar-refractivity contribution in [3.05, 3.63) is 58.6 Å². The first-order valence-corrected chi connectivity index (χ1v) is 10.4. The Morgan fingerprint density at radius 1 is 1.00 bits per heavy atom. The highest BCUT2D eigenvalue weighted by Gasteiger charge is 2.26. The molecule has 0 aliphatic carbocycles. The molecule has 0 saturated carbocycles. The molecule has 1 fully saturated rings. The first-order chi connectivity index (χ1) is 12.0. The van der Waals surface area contributed by atoms with E-state index in [2.05, 4.69) is 21.2 Å². The van der Waals surface area contributed by atoms with E-state index in [1.165, 1.54) is 10.4 Å². The van der Waals surface area contributed by atoms with Gasteiger partial charge in [-0.2, -0.15) is 4.31 Å². The average Bonchev–Trinajstić information content (AvgIpc) is 2.62. The summed E-state index contributed by atoms with van der Waals surface area (Å²) in [5, 5.41) is 2.76. The average molecular weight is 423 g/mol. The van der Waals surface area contributed by atoms with E-state index in [9.17, 15) is 13.2 Å². The summed E-state index contributed by atoms with van der Waals surface area (Å²) in [7, 11) is -3.52. The number of benzene rings is 2. The Bertz CT molecular complexity index is 877. The molecule has 1 aliphatic rings. The minimum atomic E-state index is -3.52. The molecule has 25 heavy (non-hydrogen) atoms. The number of anilines is 1. The van der Waals surface area contributed by atoms with Crippen molar-refractivity contribution in [2.45, 2.75) is 24.2 Å². The number of amides is 1. The molecule has 1 amide bonds. The Labute approximate surface area is 156 Å². The number of nitrogens with one attached hydrogen (secondary N) is 1. The van der Waals surface area contributed by atoms with E-state index in [1.54, 1.807) is 36.4 Å². The zero-order valence-corrected chi connectivity index (χ0v) is 16.0. The van der Waals surface area contributed by atoms with Crippen molar-refractivity contribution >= 4 is 37.5 Å². The third-order valence-electron chi connectivity index (χ3n) is 4.13. The number of nitrogens with zero attached hydrogens (tertiary/aromatic N) is 1. The van der Waals surface area contributed by atoms with Gasteiger partial charge in [0, 0.05) is 28.8 Å². The number of carbonyl (C=O) groups is 1. The zero-order chi connectivity index (χ0) is 17.9. The maximum absolute atomic E-state index is 12.7. The van der Waals surface area contributed by atoms with Gasteiger partial charge in [-0.3, -0.25) is 4.79 Å². The highest BCUT2D eigenvalue weighted by Crippen LogP contribution is 2.23. The number of halogens is 1. The number of sulfonamides is 1. The van der Waals surface area contributed by atoms with E-state index in [0.717, 1.165) is 23.7 Å². The highest BCUT2D eigenvalue weighted by atomic mass is 79.9. The number of piperidine rings is 1. The van der Waals surface area contributed by atoms with Gasteiger partial charge in [0.05, 0.1) is 4.90 Å². The maximum atomic E-state index is 12.7. The van der Waals surface area contributed by atoms with Crippen LogP contribution in [0.1, 0.15) is 29.6 Å². The minimum Gasteiger partial charge on any atom is -0.322 e. The van der Waals surface area contributed by atoms with E-state index in [1.807, 2.05) is 6.07 Å². The number of hydrogen-bond donors (Lipinski definition) is 1. The van der Waals surface area contributed by atoms with Crippen molar-refractivity contribution in [1.82, 2.24) is 4.31 Å². The Morgan fingerprint density at radius 3 is 2.44 bits per heavy atom. The molecule has 132 valence electrons. The summed E-state index contributed by atoms with van der Waals surface area (Å²) in [6.07, 6.45) is 2.84. The van der Waals surface area contributed by atoms with Crippen LogP contribution < -0.4 is 5.32 Å². The van der Waals surface area contributed by atoms with Crippen molar-refractivity contribution in [1.29, 1.82) is 0 Å². The van der Waals surface area contributed by atoms with E-state index in [-0.39, 0.29) is 10.8 Å².